The van der Waals surface area contributed by atoms with Crippen LogP contribution in [-0.2, 0) is 4.74 Å². The van der Waals surface area contributed by atoms with Gasteiger partial charge in [-0.25, -0.2) is 4.79 Å². The molecule has 1 aromatic heterocycles. The van der Waals surface area contributed by atoms with E-state index in [0.717, 1.165) is 0 Å². The van der Waals surface area contributed by atoms with Crippen LogP contribution in [0, 0.1) is 0 Å². The van der Waals surface area contributed by atoms with Gasteiger partial charge in [0.2, 0.25) is 0 Å². The van der Waals surface area contributed by atoms with Crippen LogP contribution in [0.5, 0.6) is 0 Å². The molecule has 1 aromatic carbocycles. The Morgan fingerprint density at radius 1 is 1.47 bits per heavy atom. The third kappa shape index (κ3) is 2.17. The number of nitrogens with one attached hydrogen (secondary N) is 1. The molecule has 17 heavy (non-hydrogen) atoms. The highest BCUT2D eigenvalue weighted by Crippen LogP contribution is 2.19. The summed E-state index contributed by atoms with van der Waals surface area (Å²) in [5.41, 5.74) is -0.261. The summed E-state index contributed by atoms with van der Waals surface area (Å²) in [5, 5.41) is 1.35. The zero-order valence-corrected chi connectivity index (χ0v) is 9.88. The van der Waals surface area contributed by atoms with Crippen molar-refractivity contribution in [1.29, 1.82) is 0 Å². The normalized spacial score (nSPS) is 10.5. The lowest BCUT2D eigenvalue weighted by molar-refractivity contribution is 0.0519. The van der Waals surface area contributed by atoms with Gasteiger partial charge in [-0.3, -0.25) is 4.79 Å². The van der Waals surface area contributed by atoms with Gasteiger partial charge in [-0.2, -0.15) is 0 Å². The lowest BCUT2D eigenvalue weighted by Crippen LogP contribution is -2.15. The lowest BCUT2D eigenvalue weighted by atomic mass is 10.1. The standard InChI is InChI=1S/C12H10ClNO3/c1-2-17-12(16)9-6-7-4-3-5-8(13)10(7)11(15)14-9/h3-6H,2H2,1H3,(H,14,15). The van der Waals surface area contributed by atoms with Crippen LogP contribution < -0.4 is 5.56 Å². The van der Waals surface area contributed by atoms with Gasteiger partial charge in [0.05, 0.1) is 17.0 Å². The molecule has 0 unspecified atom stereocenters. The first-order chi connectivity index (χ1) is 8.13. The fourth-order valence-corrected chi connectivity index (χ4v) is 1.86. The van der Waals surface area contributed by atoms with E-state index in [1.165, 1.54) is 0 Å². The van der Waals surface area contributed by atoms with E-state index in [-0.39, 0.29) is 12.3 Å². The average Bonchev–Trinajstić information content (AvgIpc) is 2.29. The Hall–Kier alpha value is -1.81. The smallest absolute Gasteiger partial charge is 0.354 e. The molecule has 0 radical (unpaired) electrons. The Morgan fingerprint density at radius 2 is 2.24 bits per heavy atom. The number of fused-ring (bicyclic) bond motifs is 1. The number of hydrogen-bond donors (Lipinski definition) is 1. The highest BCUT2D eigenvalue weighted by Gasteiger charge is 2.11. The predicted octanol–water partition coefficient (Wildman–Crippen LogP) is 2.36. The van der Waals surface area contributed by atoms with Gasteiger partial charge >= 0.3 is 5.97 Å². The number of carbonyl (C=O) groups excluding carboxylic acids is 1. The van der Waals surface area contributed by atoms with Gasteiger partial charge in [-0.1, -0.05) is 23.7 Å². The number of aromatic amines is 1. The summed E-state index contributed by atoms with van der Waals surface area (Å²) in [6.45, 7) is 1.96. The van der Waals surface area contributed by atoms with Crippen molar-refractivity contribution in [3.8, 4) is 0 Å². The molecular formula is C12H10ClNO3. The van der Waals surface area contributed by atoms with Crippen molar-refractivity contribution in [3.63, 3.8) is 0 Å². The monoisotopic (exact) mass is 251 g/mol. The summed E-state index contributed by atoms with van der Waals surface area (Å²) in [4.78, 5) is 25.7. The third-order valence-electron chi connectivity index (χ3n) is 2.32. The van der Waals surface area contributed by atoms with E-state index < -0.39 is 11.5 Å². The summed E-state index contributed by atoms with van der Waals surface area (Å²) < 4.78 is 4.82. The number of hydrogen-bond acceptors (Lipinski definition) is 3. The molecule has 0 saturated carbocycles. The maximum absolute atomic E-state index is 11.8. The molecule has 0 spiro atoms. The van der Waals surface area contributed by atoms with Crippen molar-refractivity contribution in [3.05, 3.63) is 45.3 Å². The molecule has 2 rings (SSSR count). The molecule has 1 heterocycles. The summed E-state index contributed by atoms with van der Waals surface area (Å²) in [7, 11) is 0. The number of pyridine rings is 1. The highest BCUT2D eigenvalue weighted by molar-refractivity contribution is 6.35. The SMILES string of the molecule is CCOC(=O)c1cc2cccc(Cl)c2c(=O)[nH]1. The van der Waals surface area contributed by atoms with Crippen molar-refractivity contribution in [1.82, 2.24) is 4.98 Å². The molecule has 88 valence electrons. The number of benzene rings is 1. The van der Waals surface area contributed by atoms with Crippen LogP contribution >= 0.6 is 11.6 Å². The van der Waals surface area contributed by atoms with Gasteiger partial charge in [-0.05, 0) is 24.4 Å². The van der Waals surface area contributed by atoms with Crippen LogP contribution in [0.25, 0.3) is 10.8 Å². The fourth-order valence-electron chi connectivity index (χ4n) is 1.60. The van der Waals surface area contributed by atoms with Crippen LogP contribution in [-0.4, -0.2) is 17.6 Å². The van der Waals surface area contributed by atoms with E-state index in [9.17, 15) is 9.59 Å². The van der Waals surface area contributed by atoms with Gasteiger partial charge in [0.15, 0.2) is 0 Å². The van der Waals surface area contributed by atoms with E-state index in [1.54, 1.807) is 31.2 Å². The number of ether oxygens (including phenoxy) is 1. The minimum Gasteiger partial charge on any atom is -0.461 e. The minimum atomic E-state index is -0.550. The van der Waals surface area contributed by atoms with Crippen LogP contribution in [0.1, 0.15) is 17.4 Å². The second-order valence-corrected chi connectivity index (χ2v) is 3.84. The Labute approximate surface area is 102 Å². The van der Waals surface area contributed by atoms with Crippen LogP contribution in [0.4, 0.5) is 0 Å². The Balaban J connectivity index is 2.65. The zero-order chi connectivity index (χ0) is 12.4. The predicted molar refractivity (Wildman–Crippen MR) is 65.5 cm³/mol. The van der Waals surface area contributed by atoms with E-state index in [4.69, 9.17) is 16.3 Å². The van der Waals surface area contributed by atoms with E-state index in [0.29, 0.717) is 15.8 Å². The Kier molecular flexibility index (Phi) is 3.15. The maximum atomic E-state index is 11.8. The Bertz CT molecular complexity index is 633. The van der Waals surface area contributed by atoms with Gasteiger partial charge in [0, 0.05) is 0 Å². The lowest BCUT2D eigenvalue weighted by Gasteiger charge is -2.04. The van der Waals surface area contributed by atoms with Gasteiger partial charge < -0.3 is 9.72 Å². The summed E-state index contributed by atoms with van der Waals surface area (Å²) in [6.07, 6.45) is 0. The number of halogens is 1. The van der Waals surface area contributed by atoms with Crippen molar-refractivity contribution in [2.24, 2.45) is 0 Å². The second-order valence-electron chi connectivity index (χ2n) is 3.44. The van der Waals surface area contributed by atoms with Crippen LogP contribution in [0.15, 0.2) is 29.1 Å². The molecule has 5 heteroatoms. The molecule has 0 aliphatic heterocycles. The second kappa shape index (κ2) is 4.59. The number of carbonyl (C=O) groups is 1. The average molecular weight is 252 g/mol. The highest BCUT2D eigenvalue weighted by atomic mass is 35.5. The van der Waals surface area contributed by atoms with Crippen molar-refractivity contribution in [2.75, 3.05) is 6.61 Å². The molecular weight excluding hydrogens is 242 g/mol. The third-order valence-corrected chi connectivity index (χ3v) is 2.63. The number of esters is 1. The van der Waals surface area contributed by atoms with E-state index >= 15 is 0 Å². The van der Waals surface area contributed by atoms with Crippen molar-refractivity contribution in [2.45, 2.75) is 6.92 Å². The van der Waals surface area contributed by atoms with Crippen molar-refractivity contribution >= 4 is 28.3 Å². The van der Waals surface area contributed by atoms with Gasteiger partial charge in [-0.15, -0.1) is 0 Å². The molecule has 0 aliphatic rings. The summed E-state index contributed by atoms with van der Waals surface area (Å²) in [6, 6.07) is 6.63. The van der Waals surface area contributed by atoms with Gasteiger partial charge in [0.1, 0.15) is 5.69 Å². The maximum Gasteiger partial charge on any atom is 0.354 e. The first kappa shape index (κ1) is 11.7. The molecule has 1 N–H and O–H groups in total. The largest absolute Gasteiger partial charge is 0.461 e. The van der Waals surface area contributed by atoms with Crippen LogP contribution in [0.2, 0.25) is 5.02 Å². The first-order valence-corrected chi connectivity index (χ1v) is 5.50. The number of H-pyrrole nitrogens is 1. The topological polar surface area (TPSA) is 59.2 Å². The van der Waals surface area contributed by atoms with Gasteiger partial charge in [0.25, 0.3) is 5.56 Å². The minimum absolute atomic E-state index is 0.131. The molecule has 2 aromatic rings. The molecule has 0 amide bonds. The zero-order valence-electron chi connectivity index (χ0n) is 9.12. The molecule has 0 fully saturated rings. The molecule has 0 bridgehead atoms. The molecule has 0 atom stereocenters. The van der Waals surface area contributed by atoms with E-state index in [2.05, 4.69) is 4.98 Å². The number of rotatable bonds is 2. The quantitative estimate of drug-likeness (QED) is 0.834. The van der Waals surface area contributed by atoms with Crippen LogP contribution in [0.3, 0.4) is 0 Å². The fraction of sp³-hybridized carbons (Fsp3) is 0.167. The van der Waals surface area contributed by atoms with Crippen molar-refractivity contribution < 1.29 is 9.53 Å². The number of aromatic nitrogens is 1. The van der Waals surface area contributed by atoms with E-state index in [1.807, 2.05) is 0 Å². The Morgan fingerprint density at radius 3 is 2.94 bits per heavy atom. The first-order valence-electron chi connectivity index (χ1n) is 5.12. The molecule has 0 saturated heterocycles. The summed E-state index contributed by atoms with van der Waals surface area (Å²) in [5.74, 6) is -0.550. The molecule has 4 nitrogen and oxygen atoms in total. The summed E-state index contributed by atoms with van der Waals surface area (Å²) >= 11 is 5.92. The molecule has 0 aliphatic carbocycles.